The Morgan fingerprint density at radius 3 is 2.81 bits per heavy atom. The number of carboxylic acid groups (broad SMARTS) is 1. The molecule has 13 heteroatoms. The normalized spacial score (nSPS) is 26.7. The van der Waals surface area contributed by atoms with Gasteiger partial charge in [0.05, 0.1) is 0 Å². The van der Waals surface area contributed by atoms with Gasteiger partial charge in [0.1, 0.15) is 22.0 Å². The van der Waals surface area contributed by atoms with Gasteiger partial charge in [0.15, 0.2) is 10.9 Å². The molecule has 2 fully saturated rings. The van der Waals surface area contributed by atoms with Crippen molar-refractivity contribution in [3.63, 3.8) is 0 Å². The molecule has 32 heavy (non-hydrogen) atoms. The first-order chi connectivity index (χ1) is 15.4. The van der Waals surface area contributed by atoms with Crippen molar-refractivity contribution < 1.29 is 29.0 Å². The van der Waals surface area contributed by atoms with Crippen LogP contribution in [0, 0.1) is 5.41 Å². The third-order valence-corrected chi connectivity index (χ3v) is 9.00. The van der Waals surface area contributed by atoms with Crippen molar-refractivity contribution in [1.82, 2.24) is 20.4 Å². The van der Waals surface area contributed by atoms with E-state index in [-0.39, 0.29) is 24.7 Å². The molecule has 2 N–H and O–H groups in total. The van der Waals surface area contributed by atoms with E-state index in [1.54, 1.807) is 29.8 Å². The van der Waals surface area contributed by atoms with Crippen molar-refractivity contribution in [2.75, 3.05) is 31.8 Å². The van der Waals surface area contributed by atoms with E-state index in [4.69, 9.17) is 9.47 Å². The van der Waals surface area contributed by atoms with Gasteiger partial charge in [0.2, 0.25) is 0 Å². The van der Waals surface area contributed by atoms with Crippen LogP contribution in [0.3, 0.4) is 0 Å². The summed E-state index contributed by atoms with van der Waals surface area (Å²) in [5.41, 5.74) is -1.11. The molecule has 1 aromatic carbocycles. The molecule has 0 saturated carbocycles. The summed E-state index contributed by atoms with van der Waals surface area (Å²) in [6, 6.07) is 8.84. The zero-order chi connectivity index (χ0) is 22.8. The fourth-order valence-corrected chi connectivity index (χ4v) is 6.96. The Morgan fingerprint density at radius 1 is 1.38 bits per heavy atom. The van der Waals surface area contributed by atoms with Gasteiger partial charge in [-0.05, 0) is 12.1 Å². The van der Waals surface area contributed by atoms with Crippen LogP contribution in [0.1, 0.15) is 0 Å². The lowest BCUT2D eigenvalue weighted by Gasteiger charge is -2.58. The molecular formula is C19H20N4O6S3. The topological polar surface area (TPSA) is 131 Å². The number of para-hydroxylation sites is 1. The molecule has 2 saturated heterocycles. The molecule has 2 aliphatic heterocycles. The van der Waals surface area contributed by atoms with Gasteiger partial charge in [0.25, 0.3) is 17.5 Å². The zero-order valence-corrected chi connectivity index (χ0v) is 19.4. The maximum atomic E-state index is 13.0. The zero-order valence-electron chi connectivity index (χ0n) is 16.9. The highest BCUT2D eigenvalue weighted by molar-refractivity contribution is 8.01. The SMILES string of the molecule is COC1(NC(=O)COc2ccccc2)C(=O)N2CC(CSc3nncs3)(C(=O)O)CS[C@@H]21. The molecule has 0 radical (unpaired) electrons. The Morgan fingerprint density at radius 2 is 2.16 bits per heavy atom. The van der Waals surface area contributed by atoms with E-state index >= 15 is 0 Å². The summed E-state index contributed by atoms with van der Waals surface area (Å²) in [5.74, 6) is -0.934. The predicted molar refractivity (Wildman–Crippen MR) is 118 cm³/mol. The van der Waals surface area contributed by atoms with Crippen LogP contribution >= 0.6 is 34.9 Å². The van der Waals surface area contributed by atoms with Crippen LogP contribution in [-0.4, -0.2) is 80.9 Å². The van der Waals surface area contributed by atoms with Crippen LogP contribution in [0.25, 0.3) is 0 Å². The number of carbonyl (C=O) groups excluding carboxylic acids is 2. The Balaban J connectivity index is 1.40. The Kier molecular flexibility index (Phi) is 6.60. The number of carbonyl (C=O) groups is 3. The van der Waals surface area contributed by atoms with Gasteiger partial charge >= 0.3 is 5.97 Å². The van der Waals surface area contributed by atoms with Gasteiger partial charge in [-0.2, -0.15) is 0 Å². The molecule has 3 atom stereocenters. The van der Waals surface area contributed by atoms with Crippen LogP contribution in [0.15, 0.2) is 40.2 Å². The second-order valence-corrected chi connectivity index (χ2v) is 10.4. The van der Waals surface area contributed by atoms with Crippen LogP contribution < -0.4 is 10.1 Å². The van der Waals surface area contributed by atoms with Crippen molar-refractivity contribution in [2.24, 2.45) is 5.41 Å². The predicted octanol–water partition coefficient (Wildman–Crippen LogP) is 1.15. The summed E-state index contributed by atoms with van der Waals surface area (Å²) in [6.07, 6.45) is 0. The number of ether oxygens (including phenoxy) is 2. The van der Waals surface area contributed by atoms with Crippen LogP contribution in [-0.2, 0) is 19.1 Å². The largest absolute Gasteiger partial charge is 0.484 e. The maximum absolute atomic E-state index is 13.0. The molecule has 4 rings (SSSR count). The second kappa shape index (κ2) is 9.25. The number of nitrogens with one attached hydrogen (secondary N) is 1. The van der Waals surface area contributed by atoms with E-state index < -0.39 is 34.3 Å². The van der Waals surface area contributed by atoms with Crippen LogP contribution in [0.4, 0.5) is 0 Å². The first-order valence-electron chi connectivity index (χ1n) is 9.49. The van der Waals surface area contributed by atoms with Crippen molar-refractivity contribution in [2.45, 2.75) is 15.4 Å². The number of β-lactam (4-membered cyclic amide) rings is 1. The van der Waals surface area contributed by atoms with E-state index in [1.165, 1.54) is 46.9 Å². The first-order valence-corrected chi connectivity index (χ1v) is 12.4. The number of amides is 2. The monoisotopic (exact) mass is 496 g/mol. The Hall–Kier alpha value is -2.35. The first kappa shape index (κ1) is 22.8. The molecule has 2 amide bonds. The number of aromatic nitrogens is 2. The summed E-state index contributed by atoms with van der Waals surface area (Å²) in [5, 5.41) is 19.7. The number of rotatable bonds is 9. The average Bonchev–Trinajstić information content (AvgIpc) is 3.34. The highest BCUT2D eigenvalue weighted by atomic mass is 32.2. The molecule has 3 heterocycles. The summed E-state index contributed by atoms with van der Waals surface area (Å²) in [4.78, 5) is 39.1. The number of hydrogen-bond acceptors (Lipinski definition) is 10. The van der Waals surface area contributed by atoms with E-state index in [0.717, 1.165) is 0 Å². The third-order valence-electron chi connectivity index (χ3n) is 5.23. The molecule has 1 aromatic heterocycles. The lowest BCUT2D eigenvalue weighted by Crippen LogP contribution is -2.83. The smallest absolute Gasteiger partial charge is 0.313 e. The highest BCUT2D eigenvalue weighted by Gasteiger charge is 2.67. The fraction of sp³-hybridized carbons (Fsp3) is 0.421. The molecule has 2 aliphatic rings. The lowest BCUT2D eigenvalue weighted by atomic mass is 9.88. The molecule has 0 aliphatic carbocycles. The molecule has 2 aromatic rings. The molecular weight excluding hydrogens is 476 g/mol. The third kappa shape index (κ3) is 4.17. The maximum Gasteiger partial charge on any atom is 0.313 e. The minimum atomic E-state index is -1.54. The van der Waals surface area contributed by atoms with Crippen LogP contribution in [0.5, 0.6) is 5.75 Å². The van der Waals surface area contributed by atoms with E-state index in [0.29, 0.717) is 10.1 Å². The van der Waals surface area contributed by atoms with Crippen molar-refractivity contribution in [1.29, 1.82) is 0 Å². The summed E-state index contributed by atoms with van der Waals surface area (Å²) in [6.45, 7) is -0.260. The van der Waals surface area contributed by atoms with Crippen molar-refractivity contribution in [3.8, 4) is 5.75 Å². The van der Waals surface area contributed by atoms with E-state index in [9.17, 15) is 19.5 Å². The fourth-order valence-electron chi connectivity index (χ4n) is 3.52. The molecule has 0 spiro atoms. The Bertz CT molecular complexity index is 994. The number of thioether (sulfide) groups is 2. The number of hydrogen-bond donors (Lipinski definition) is 2. The van der Waals surface area contributed by atoms with Gasteiger partial charge < -0.3 is 24.8 Å². The number of benzene rings is 1. The van der Waals surface area contributed by atoms with Crippen LogP contribution in [0.2, 0.25) is 0 Å². The van der Waals surface area contributed by atoms with E-state index in [1.807, 2.05) is 6.07 Å². The van der Waals surface area contributed by atoms with Gasteiger partial charge in [-0.3, -0.25) is 14.4 Å². The molecule has 0 bridgehead atoms. The number of fused-ring (bicyclic) bond motifs is 1. The van der Waals surface area contributed by atoms with Crippen molar-refractivity contribution in [3.05, 3.63) is 35.8 Å². The molecule has 2 unspecified atom stereocenters. The minimum absolute atomic E-state index is 0.0200. The standard InChI is InChI=1S/C19H20N4O6S3/c1-28-19(21-13(24)7-29-12-5-3-2-4-6-12)14(25)23-8-18(16(26)27,9-30-15(19)23)10-31-17-22-20-11-32-17/h2-6,11,15H,7-10H2,1H3,(H,21,24)(H,26,27)/t15-,18?,19?/m1/s1. The number of aliphatic carboxylic acids is 1. The summed E-state index contributed by atoms with van der Waals surface area (Å²) in [7, 11) is 1.35. The minimum Gasteiger partial charge on any atom is -0.484 e. The van der Waals surface area contributed by atoms with E-state index in [2.05, 4.69) is 15.5 Å². The van der Waals surface area contributed by atoms with Crippen molar-refractivity contribution >= 4 is 52.6 Å². The van der Waals surface area contributed by atoms with Gasteiger partial charge in [0, 0.05) is 25.2 Å². The average molecular weight is 497 g/mol. The number of nitrogens with zero attached hydrogens (tertiary/aromatic N) is 3. The van der Waals surface area contributed by atoms with Gasteiger partial charge in [-0.25, -0.2) is 0 Å². The Labute approximate surface area is 196 Å². The highest BCUT2D eigenvalue weighted by Crippen LogP contribution is 2.48. The van der Waals surface area contributed by atoms with Gasteiger partial charge in [-0.15, -0.1) is 22.0 Å². The summed E-state index contributed by atoms with van der Waals surface area (Å²) >= 11 is 3.91. The van der Waals surface area contributed by atoms with Gasteiger partial charge in [-0.1, -0.05) is 41.3 Å². The molecule has 170 valence electrons. The number of methoxy groups -OCH3 is 1. The number of carboxylic acids is 1. The lowest BCUT2D eigenvalue weighted by molar-refractivity contribution is -0.200. The quantitative estimate of drug-likeness (QED) is 0.296. The summed E-state index contributed by atoms with van der Waals surface area (Å²) < 4.78 is 11.6. The second-order valence-electron chi connectivity index (χ2n) is 7.26. The molecule has 10 nitrogen and oxygen atoms in total.